The van der Waals surface area contributed by atoms with Crippen LogP contribution in [0.5, 0.6) is 5.75 Å². The minimum atomic E-state index is -0.994. The van der Waals surface area contributed by atoms with Gasteiger partial charge in [0, 0.05) is 12.1 Å². The van der Waals surface area contributed by atoms with E-state index in [4.69, 9.17) is 9.47 Å². The number of carbonyl (C=O) groups excluding carboxylic acids is 2. The molecule has 5 nitrogen and oxygen atoms in total. The first-order chi connectivity index (χ1) is 9.35. The summed E-state index contributed by atoms with van der Waals surface area (Å²) >= 11 is 0. The van der Waals surface area contributed by atoms with Gasteiger partial charge in [0.2, 0.25) is 0 Å². The highest BCUT2D eigenvalue weighted by atomic mass is 19.1. The van der Waals surface area contributed by atoms with Crippen LogP contribution < -0.4 is 10.1 Å². The minimum absolute atomic E-state index is 0.0682. The number of esters is 1. The second-order valence-electron chi connectivity index (χ2n) is 4.56. The zero-order chi connectivity index (χ0) is 15.3. The number of halogens is 1. The molecule has 0 aliphatic rings. The van der Waals surface area contributed by atoms with Crippen LogP contribution >= 0.6 is 0 Å². The fraction of sp³-hybridized carbons (Fsp3) is 0.429. The Kier molecular flexibility index (Phi) is 5.49. The van der Waals surface area contributed by atoms with Crippen LogP contribution in [0.25, 0.3) is 0 Å². The van der Waals surface area contributed by atoms with Gasteiger partial charge in [0.1, 0.15) is 11.6 Å². The van der Waals surface area contributed by atoms with Crippen molar-refractivity contribution in [1.29, 1.82) is 0 Å². The lowest BCUT2D eigenvalue weighted by Gasteiger charge is -2.15. The second-order valence-corrected chi connectivity index (χ2v) is 4.56. The minimum Gasteiger partial charge on any atom is -0.497 e. The van der Waals surface area contributed by atoms with Crippen molar-refractivity contribution in [3.63, 3.8) is 0 Å². The maximum atomic E-state index is 13.7. The van der Waals surface area contributed by atoms with Crippen LogP contribution in [0.1, 0.15) is 31.1 Å². The van der Waals surface area contributed by atoms with Crippen molar-refractivity contribution >= 4 is 11.9 Å². The summed E-state index contributed by atoms with van der Waals surface area (Å²) in [4.78, 5) is 23.4. The molecule has 1 rings (SSSR count). The van der Waals surface area contributed by atoms with Crippen molar-refractivity contribution in [2.75, 3.05) is 7.11 Å². The van der Waals surface area contributed by atoms with Crippen LogP contribution in [-0.4, -0.2) is 31.1 Å². The van der Waals surface area contributed by atoms with E-state index in [1.165, 1.54) is 26.2 Å². The molecule has 0 aliphatic carbocycles. The largest absolute Gasteiger partial charge is 0.497 e. The van der Waals surface area contributed by atoms with Crippen molar-refractivity contribution in [1.82, 2.24) is 5.32 Å². The Morgan fingerprint density at radius 2 is 1.90 bits per heavy atom. The molecular weight excluding hydrogens is 265 g/mol. The van der Waals surface area contributed by atoms with E-state index >= 15 is 0 Å². The first-order valence-electron chi connectivity index (χ1n) is 6.20. The SMILES string of the molecule is COc1ccc(C(=O)O[C@@H](C)C(=O)NC(C)C)c(F)c1. The predicted octanol–water partition coefficient (Wildman–Crippen LogP) is 1.90. The first-order valence-corrected chi connectivity index (χ1v) is 6.20. The lowest BCUT2D eigenvalue weighted by molar-refractivity contribution is -0.129. The van der Waals surface area contributed by atoms with Crippen LogP contribution in [-0.2, 0) is 9.53 Å². The number of benzene rings is 1. The van der Waals surface area contributed by atoms with Crippen LogP contribution in [0.3, 0.4) is 0 Å². The Balaban J connectivity index is 2.74. The summed E-state index contributed by atoms with van der Waals surface area (Å²) in [5.74, 6) is -1.78. The average molecular weight is 283 g/mol. The molecule has 0 saturated carbocycles. The molecule has 0 bridgehead atoms. The van der Waals surface area contributed by atoms with Gasteiger partial charge in [-0.25, -0.2) is 9.18 Å². The maximum Gasteiger partial charge on any atom is 0.341 e. The third-order valence-electron chi connectivity index (χ3n) is 2.48. The topological polar surface area (TPSA) is 64.6 Å². The molecule has 1 N–H and O–H groups in total. The number of ether oxygens (including phenoxy) is 2. The molecule has 1 amide bonds. The van der Waals surface area contributed by atoms with Gasteiger partial charge < -0.3 is 14.8 Å². The standard InChI is InChI=1S/C14H18FNO4/c1-8(2)16-13(17)9(3)20-14(18)11-6-5-10(19-4)7-12(11)15/h5-9H,1-4H3,(H,16,17)/t9-/m0/s1. The summed E-state index contributed by atoms with van der Waals surface area (Å²) in [7, 11) is 1.39. The fourth-order valence-corrected chi connectivity index (χ4v) is 1.47. The third-order valence-corrected chi connectivity index (χ3v) is 2.48. The van der Waals surface area contributed by atoms with Crippen LogP contribution in [0.15, 0.2) is 18.2 Å². The highest BCUT2D eigenvalue weighted by Gasteiger charge is 2.21. The van der Waals surface area contributed by atoms with E-state index < -0.39 is 23.8 Å². The van der Waals surface area contributed by atoms with Crippen molar-refractivity contribution in [2.45, 2.75) is 32.9 Å². The van der Waals surface area contributed by atoms with E-state index in [2.05, 4.69) is 5.32 Å². The number of hydrogen-bond acceptors (Lipinski definition) is 4. The van der Waals surface area contributed by atoms with Gasteiger partial charge in [0.25, 0.3) is 5.91 Å². The zero-order valence-electron chi connectivity index (χ0n) is 11.9. The number of carbonyl (C=O) groups is 2. The summed E-state index contributed by atoms with van der Waals surface area (Å²) in [6, 6.07) is 3.71. The van der Waals surface area contributed by atoms with Crippen LogP contribution in [0.2, 0.25) is 0 Å². The molecule has 20 heavy (non-hydrogen) atoms. The Labute approximate surface area is 117 Å². The lowest BCUT2D eigenvalue weighted by Crippen LogP contribution is -2.39. The fourth-order valence-electron chi connectivity index (χ4n) is 1.47. The van der Waals surface area contributed by atoms with Gasteiger partial charge in [-0.3, -0.25) is 4.79 Å². The predicted molar refractivity (Wildman–Crippen MR) is 71.1 cm³/mol. The van der Waals surface area contributed by atoms with Gasteiger partial charge in [-0.05, 0) is 32.9 Å². The number of amides is 1. The smallest absolute Gasteiger partial charge is 0.341 e. The van der Waals surface area contributed by atoms with Crippen molar-refractivity contribution in [3.05, 3.63) is 29.6 Å². The Morgan fingerprint density at radius 3 is 2.40 bits per heavy atom. The van der Waals surface area contributed by atoms with Crippen LogP contribution in [0.4, 0.5) is 4.39 Å². The second kappa shape index (κ2) is 6.88. The molecular formula is C14H18FNO4. The van der Waals surface area contributed by atoms with Crippen molar-refractivity contribution < 1.29 is 23.5 Å². The van der Waals surface area contributed by atoms with Crippen molar-refractivity contribution in [2.24, 2.45) is 0 Å². The van der Waals surface area contributed by atoms with Gasteiger partial charge in [-0.15, -0.1) is 0 Å². The molecule has 110 valence electrons. The van der Waals surface area contributed by atoms with Crippen molar-refractivity contribution in [3.8, 4) is 5.75 Å². The monoisotopic (exact) mass is 283 g/mol. The van der Waals surface area contributed by atoms with Gasteiger partial charge in [-0.1, -0.05) is 0 Å². The lowest BCUT2D eigenvalue weighted by atomic mass is 10.2. The van der Waals surface area contributed by atoms with E-state index in [1.54, 1.807) is 13.8 Å². The highest BCUT2D eigenvalue weighted by Crippen LogP contribution is 2.17. The summed E-state index contributed by atoms with van der Waals surface area (Å²) in [5, 5.41) is 2.60. The molecule has 0 spiro atoms. The summed E-state index contributed by atoms with van der Waals surface area (Å²) in [6.45, 7) is 5.00. The molecule has 0 saturated heterocycles. The van der Waals surface area contributed by atoms with E-state index in [1.807, 2.05) is 0 Å². The van der Waals surface area contributed by atoms with E-state index in [-0.39, 0.29) is 11.6 Å². The third kappa shape index (κ3) is 4.22. The number of methoxy groups -OCH3 is 1. The van der Waals surface area contributed by atoms with E-state index in [9.17, 15) is 14.0 Å². The summed E-state index contributed by atoms with van der Waals surface area (Å²) in [6.07, 6.45) is -0.994. The van der Waals surface area contributed by atoms with Gasteiger partial charge in [0.15, 0.2) is 6.10 Å². The molecule has 0 aromatic heterocycles. The van der Waals surface area contributed by atoms with Crippen LogP contribution in [0, 0.1) is 5.82 Å². The Hall–Kier alpha value is -2.11. The molecule has 6 heteroatoms. The normalized spacial score (nSPS) is 11.9. The number of hydrogen-bond donors (Lipinski definition) is 1. The maximum absolute atomic E-state index is 13.7. The summed E-state index contributed by atoms with van der Waals surface area (Å²) < 4.78 is 23.4. The van der Waals surface area contributed by atoms with Gasteiger partial charge in [0.05, 0.1) is 12.7 Å². The molecule has 0 aliphatic heterocycles. The van der Waals surface area contributed by atoms with E-state index in [0.717, 1.165) is 6.07 Å². The molecule has 1 aromatic rings. The Bertz CT molecular complexity index is 502. The molecule has 0 radical (unpaired) electrons. The quantitative estimate of drug-likeness (QED) is 0.838. The van der Waals surface area contributed by atoms with Gasteiger partial charge >= 0.3 is 5.97 Å². The first kappa shape index (κ1) is 15.9. The molecule has 0 heterocycles. The molecule has 0 fully saturated rings. The molecule has 1 aromatic carbocycles. The van der Waals surface area contributed by atoms with Gasteiger partial charge in [-0.2, -0.15) is 0 Å². The number of rotatable bonds is 5. The number of nitrogens with one attached hydrogen (secondary N) is 1. The summed E-state index contributed by atoms with van der Waals surface area (Å²) in [5.41, 5.74) is -0.241. The molecule has 0 unspecified atom stereocenters. The highest BCUT2D eigenvalue weighted by molar-refractivity contribution is 5.92. The Morgan fingerprint density at radius 1 is 1.25 bits per heavy atom. The molecule has 1 atom stereocenters. The van der Waals surface area contributed by atoms with E-state index in [0.29, 0.717) is 5.75 Å². The average Bonchev–Trinajstić information content (AvgIpc) is 2.37. The zero-order valence-corrected chi connectivity index (χ0v) is 11.9.